The van der Waals surface area contributed by atoms with E-state index in [1.807, 2.05) is 26.8 Å². The van der Waals surface area contributed by atoms with Gasteiger partial charge in [0.1, 0.15) is 5.82 Å². The van der Waals surface area contributed by atoms with E-state index in [0.717, 1.165) is 21.4 Å². The summed E-state index contributed by atoms with van der Waals surface area (Å²) < 4.78 is 13.5. The lowest BCUT2D eigenvalue weighted by atomic mass is 9.87. The van der Waals surface area contributed by atoms with E-state index in [1.54, 1.807) is 6.07 Å². The van der Waals surface area contributed by atoms with E-state index in [2.05, 4.69) is 0 Å². The Kier molecular flexibility index (Phi) is 3.25. The van der Waals surface area contributed by atoms with Crippen molar-refractivity contribution >= 4 is 21.7 Å². The zero-order chi connectivity index (χ0) is 10.1. The van der Waals surface area contributed by atoms with Gasteiger partial charge in [0, 0.05) is 4.90 Å². The van der Waals surface area contributed by atoms with Crippen molar-refractivity contribution in [2.24, 2.45) is 0 Å². The van der Waals surface area contributed by atoms with Crippen molar-refractivity contribution in [2.45, 2.75) is 31.1 Å². The second-order valence-electron chi connectivity index (χ2n) is 3.97. The molecule has 0 saturated heterocycles. The molecule has 0 radical (unpaired) electrons. The SMILES string of the molecule is CC(C)(C)c1ccc(SCl)cc1F. The second-order valence-corrected chi connectivity index (χ2v) is 5.06. The number of hydrogen-bond acceptors (Lipinski definition) is 1. The molecule has 72 valence electrons. The van der Waals surface area contributed by atoms with Crippen LogP contribution in [0.3, 0.4) is 0 Å². The molecule has 1 rings (SSSR count). The summed E-state index contributed by atoms with van der Waals surface area (Å²) in [5, 5.41) is 0. The quantitative estimate of drug-likeness (QED) is 0.675. The summed E-state index contributed by atoms with van der Waals surface area (Å²) in [5.74, 6) is -0.182. The highest BCUT2D eigenvalue weighted by Crippen LogP contribution is 2.29. The summed E-state index contributed by atoms with van der Waals surface area (Å²) >= 11 is 0. The predicted octanol–water partition coefficient (Wildman–Crippen LogP) is 4.37. The Morgan fingerprint density at radius 1 is 1.31 bits per heavy atom. The summed E-state index contributed by atoms with van der Waals surface area (Å²) in [6, 6.07) is 5.10. The van der Waals surface area contributed by atoms with Crippen LogP contribution in [0.4, 0.5) is 4.39 Å². The fourth-order valence-corrected chi connectivity index (χ4v) is 1.71. The van der Waals surface area contributed by atoms with Crippen LogP contribution in [-0.2, 0) is 5.41 Å². The Balaban J connectivity index is 3.13. The molecule has 0 spiro atoms. The van der Waals surface area contributed by atoms with E-state index in [-0.39, 0.29) is 11.2 Å². The number of benzene rings is 1. The van der Waals surface area contributed by atoms with E-state index < -0.39 is 0 Å². The minimum absolute atomic E-state index is 0.153. The lowest BCUT2D eigenvalue weighted by Gasteiger charge is -2.19. The first kappa shape index (κ1) is 10.9. The van der Waals surface area contributed by atoms with E-state index in [9.17, 15) is 4.39 Å². The maximum Gasteiger partial charge on any atom is 0.128 e. The summed E-state index contributed by atoms with van der Waals surface area (Å²) in [6.07, 6.45) is 0. The first-order valence-corrected chi connectivity index (χ1v) is 5.68. The maximum atomic E-state index is 13.5. The molecule has 0 bridgehead atoms. The van der Waals surface area contributed by atoms with Gasteiger partial charge in [0.2, 0.25) is 0 Å². The molecule has 0 N–H and O–H groups in total. The number of rotatable bonds is 1. The Morgan fingerprint density at radius 3 is 2.31 bits per heavy atom. The molecule has 13 heavy (non-hydrogen) atoms. The van der Waals surface area contributed by atoms with Crippen molar-refractivity contribution in [3.63, 3.8) is 0 Å². The molecule has 0 unspecified atom stereocenters. The van der Waals surface area contributed by atoms with Crippen LogP contribution in [-0.4, -0.2) is 0 Å². The Morgan fingerprint density at radius 2 is 1.92 bits per heavy atom. The smallest absolute Gasteiger partial charge is 0.128 e. The van der Waals surface area contributed by atoms with Gasteiger partial charge in [-0.15, -0.1) is 0 Å². The zero-order valence-electron chi connectivity index (χ0n) is 7.90. The molecule has 0 aromatic heterocycles. The average molecular weight is 219 g/mol. The Labute approximate surface area is 87.0 Å². The van der Waals surface area contributed by atoms with Crippen molar-refractivity contribution in [2.75, 3.05) is 0 Å². The number of halogens is 2. The van der Waals surface area contributed by atoms with Crippen LogP contribution in [0, 0.1) is 5.82 Å². The van der Waals surface area contributed by atoms with Gasteiger partial charge in [-0.05, 0) is 44.8 Å². The molecule has 0 aliphatic carbocycles. The largest absolute Gasteiger partial charge is 0.207 e. The van der Waals surface area contributed by atoms with Crippen LogP contribution in [0.25, 0.3) is 0 Å². The first-order chi connectivity index (χ1) is 5.95. The van der Waals surface area contributed by atoms with Gasteiger partial charge in [-0.2, -0.15) is 0 Å². The molecule has 0 heterocycles. The second kappa shape index (κ2) is 3.89. The molecule has 0 atom stereocenters. The topological polar surface area (TPSA) is 0 Å². The molecule has 0 aliphatic heterocycles. The molecule has 0 saturated carbocycles. The van der Waals surface area contributed by atoms with Gasteiger partial charge in [0.05, 0.1) is 0 Å². The molecule has 1 aromatic rings. The van der Waals surface area contributed by atoms with Crippen LogP contribution < -0.4 is 0 Å². The molecule has 1 aromatic carbocycles. The van der Waals surface area contributed by atoms with Gasteiger partial charge in [-0.3, -0.25) is 0 Å². The highest BCUT2D eigenvalue weighted by Gasteiger charge is 2.18. The van der Waals surface area contributed by atoms with Gasteiger partial charge >= 0.3 is 0 Å². The van der Waals surface area contributed by atoms with Crippen LogP contribution in [0.15, 0.2) is 23.1 Å². The van der Waals surface area contributed by atoms with E-state index >= 15 is 0 Å². The lowest BCUT2D eigenvalue weighted by molar-refractivity contribution is 0.521. The van der Waals surface area contributed by atoms with Gasteiger partial charge in [-0.1, -0.05) is 26.8 Å². The third-order valence-electron chi connectivity index (χ3n) is 1.84. The maximum absolute atomic E-state index is 13.5. The standard InChI is InChI=1S/C10H12ClFS/c1-10(2,3)8-5-4-7(13-11)6-9(8)12/h4-6H,1-3H3. The highest BCUT2D eigenvalue weighted by molar-refractivity contribution is 8.21. The van der Waals surface area contributed by atoms with Gasteiger partial charge in [0.25, 0.3) is 0 Å². The minimum atomic E-state index is -0.182. The zero-order valence-corrected chi connectivity index (χ0v) is 9.47. The average Bonchev–Trinajstić information content (AvgIpc) is 2.01. The lowest BCUT2D eigenvalue weighted by Crippen LogP contribution is -2.13. The fourth-order valence-electron chi connectivity index (χ4n) is 1.15. The number of hydrogen-bond donors (Lipinski definition) is 0. The van der Waals surface area contributed by atoms with Crippen molar-refractivity contribution in [3.8, 4) is 0 Å². The summed E-state index contributed by atoms with van der Waals surface area (Å²) in [4.78, 5) is 0.743. The molecule has 0 nitrogen and oxygen atoms in total. The summed E-state index contributed by atoms with van der Waals surface area (Å²) in [7, 11) is 6.55. The van der Waals surface area contributed by atoms with Crippen molar-refractivity contribution in [1.29, 1.82) is 0 Å². The Bertz CT molecular complexity index is 304. The summed E-state index contributed by atoms with van der Waals surface area (Å²) in [5.41, 5.74) is 0.571. The normalized spacial score (nSPS) is 11.8. The van der Waals surface area contributed by atoms with Crippen LogP contribution in [0.2, 0.25) is 0 Å². The van der Waals surface area contributed by atoms with Crippen molar-refractivity contribution in [1.82, 2.24) is 0 Å². The molecular formula is C10H12ClFS. The van der Waals surface area contributed by atoms with Crippen LogP contribution >= 0.6 is 21.7 Å². The van der Waals surface area contributed by atoms with Crippen LogP contribution in [0.1, 0.15) is 26.3 Å². The predicted molar refractivity (Wildman–Crippen MR) is 56.8 cm³/mol. The first-order valence-electron chi connectivity index (χ1n) is 4.04. The molecule has 3 heteroatoms. The minimum Gasteiger partial charge on any atom is -0.207 e. The van der Waals surface area contributed by atoms with E-state index in [1.165, 1.54) is 6.07 Å². The fraction of sp³-hybridized carbons (Fsp3) is 0.400. The molecule has 0 aliphatic rings. The van der Waals surface area contributed by atoms with E-state index in [0.29, 0.717) is 0 Å². The van der Waals surface area contributed by atoms with E-state index in [4.69, 9.17) is 10.7 Å². The summed E-state index contributed by atoms with van der Waals surface area (Å²) in [6.45, 7) is 5.96. The molecular weight excluding hydrogens is 207 g/mol. The third-order valence-corrected chi connectivity index (χ3v) is 2.80. The van der Waals surface area contributed by atoms with Crippen molar-refractivity contribution < 1.29 is 4.39 Å². The van der Waals surface area contributed by atoms with Crippen LogP contribution in [0.5, 0.6) is 0 Å². The monoisotopic (exact) mass is 218 g/mol. The third kappa shape index (κ3) is 2.61. The van der Waals surface area contributed by atoms with Gasteiger partial charge in [0.15, 0.2) is 0 Å². The van der Waals surface area contributed by atoms with Crippen molar-refractivity contribution in [3.05, 3.63) is 29.6 Å². The molecule has 0 amide bonds. The van der Waals surface area contributed by atoms with Gasteiger partial charge in [-0.25, -0.2) is 4.39 Å². The van der Waals surface area contributed by atoms with Gasteiger partial charge < -0.3 is 0 Å². The molecule has 0 fully saturated rings. The Hall–Kier alpha value is -0.210. The highest BCUT2D eigenvalue weighted by atomic mass is 35.7.